The molecule has 260 valence electrons. The number of nitrogens with one attached hydrogen (secondary N) is 3. The highest BCUT2D eigenvalue weighted by Crippen LogP contribution is 2.37. The summed E-state index contributed by atoms with van der Waals surface area (Å²) in [4.78, 5) is 45.7. The standard InChI is InChI=1S/C40H30Cl2N4O4S2/c1-50-31-18-13-25(14-19-31)35-24-51-40(45-35)46-39(49)36(26-8-4-2-5-9-26)52-32-20-16-30(17-21-32)43-38(48)34(22-28-12-15-29(41)23-33(28)42)44-37(47)27-10-6-3-7-11-27/h2-24,36H,1H3,(H,43,48)(H,44,47)(H,45,46,49)/b34-22-. The minimum Gasteiger partial charge on any atom is -0.497 e. The molecule has 0 aliphatic heterocycles. The zero-order valence-electron chi connectivity index (χ0n) is 27.5. The normalized spacial score (nSPS) is 11.7. The lowest BCUT2D eigenvalue weighted by atomic mass is 10.1. The molecule has 52 heavy (non-hydrogen) atoms. The highest BCUT2D eigenvalue weighted by molar-refractivity contribution is 8.00. The first-order valence-corrected chi connectivity index (χ1v) is 18.3. The first-order valence-electron chi connectivity index (χ1n) is 15.8. The van der Waals surface area contributed by atoms with Crippen LogP contribution < -0.4 is 20.7 Å². The molecule has 12 heteroatoms. The molecule has 3 N–H and O–H groups in total. The SMILES string of the molecule is COc1ccc(-c2csc(NC(=O)C(Sc3ccc(NC(=O)/C(=C/c4ccc(Cl)cc4Cl)NC(=O)c4ccccc4)cc3)c3ccccc3)n2)cc1. The monoisotopic (exact) mass is 764 g/mol. The number of hydrogen-bond donors (Lipinski definition) is 3. The van der Waals surface area contributed by atoms with Crippen LogP contribution in [0.2, 0.25) is 10.0 Å². The van der Waals surface area contributed by atoms with Crippen molar-refractivity contribution in [1.82, 2.24) is 10.3 Å². The number of halogens is 2. The van der Waals surface area contributed by atoms with Crippen molar-refractivity contribution in [2.45, 2.75) is 10.1 Å². The van der Waals surface area contributed by atoms with Gasteiger partial charge in [-0.05, 0) is 90.0 Å². The van der Waals surface area contributed by atoms with E-state index >= 15 is 0 Å². The van der Waals surface area contributed by atoms with Gasteiger partial charge in [0.1, 0.15) is 16.7 Å². The zero-order valence-corrected chi connectivity index (χ0v) is 30.7. The minimum atomic E-state index is -0.596. The maximum atomic E-state index is 13.7. The Morgan fingerprint density at radius 2 is 1.52 bits per heavy atom. The summed E-state index contributed by atoms with van der Waals surface area (Å²) >= 11 is 15.2. The Morgan fingerprint density at radius 3 is 2.19 bits per heavy atom. The van der Waals surface area contributed by atoms with Gasteiger partial charge < -0.3 is 20.7 Å². The largest absolute Gasteiger partial charge is 0.497 e. The molecule has 8 nitrogen and oxygen atoms in total. The van der Waals surface area contributed by atoms with E-state index in [1.807, 2.05) is 72.1 Å². The van der Waals surface area contributed by atoms with Crippen molar-refractivity contribution in [3.8, 4) is 17.0 Å². The zero-order chi connectivity index (χ0) is 36.5. The number of carbonyl (C=O) groups excluding carboxylic acids is 3. The molecule has 1 unspecified atom stereocenters. The number of aromatic nitrogens is 1. The lowest BCUT2D eigenvalue weighted by Gasteiger charge is -2.17. The Morgan fingerprint density at radius 1 is 0.827 bits per heavy atom. The first kappa shape index (κ1) is 36.4. The molecule has 5 aromatic carbocycles. The predicted molar refractivity (Wildman–Crippen MR) is 211 cm³/mol. The Balaban J connectivity index is 1.17. The molecular formula is C40H30Cl2N4O4S2. The molecular weight excluding hydrogens is 736 g/mol. The van der Waals surface area contributed by atoms with Crippen molar-refractivity contribution >= 4 is 80.9 Å². The Labute approximate surface area is 318 Å². The molecule has 6 rings (SSSR count). The number of carbonyl (C=O) groups is 3. The minimum absolute atomic E-state index is 0.0188. The van der Waals surface area contributed by atoms with Crippen molar-refractivity contribution in [1.29, 1.82) is 0 Å². The van der Waals surface area contributed by atoms with Crippen LogP contribution in [-0.4, -0.2) is 29.8 Å². The van der Waals surface area contributed by atoms with Crippen molar-refractivity contribution in [2.24, 2.45) is 0 Å². The molecule has 0 saturated heterocycles. The van der Waals surface area contributed by atoms with Crippen LogP contribution in [0.15, 0.2) is 143 Å². The maximum absolute atomic E-state index is 13.7. The van der Waals surface area contributed by atoms with E-state index in [-0.39, 0.29) is 11.6 Å². The van der Waals surface area contributed by atoms with Gasteiger partial charge in [0, 0.05) is 37.1 Å². The van der Waals surface area contributed by atoms with E-state index < -0.39 is 17.1 Å². The van der Waals surface area contributed by atoms with E-state index in [1.165, 1.54) is 29.2 Å². The second kappa shape index (κ2) is 17.2. The molecule has 1 heterocycles. The van der Waals surface area contributed by atoms with E-state index in [9.17, 15) is 14.4 Å². The van der Waals surface area contributed by atoms with Gasteiger partial charge in [-0.3, -0.25) is 14.4 Å². The molecule has 1 aromatic heterocycles. The number of amides is 3. The number of hydrogen-bond acceptors (Lipinski definition) is 7. The summed E-state index contributed by atoms with van der Waals surface area (Å²) in [6, 6.07) is 37.6. The molecule has 0 aliphatic rings. The Hall–Kier alpha value is -5.39. The number of ether oxygens (including phenoxy) is 1. The van der Waals surface area contributed by atoms with Gasteiger partial charge in [0.2, 0.25) is 5.91 Å². The van der Waals surface area contributed by atoms with Crippen molar-refractivity contribution in [2.75, 3.05) is 17.7 Å². The number of methoxy groups -OCH3 is 1. The van der Waals surface area contributed by atoms with E-state index in [0.717, 1.165) is 27.5 Å². The van der Waals surface area contributed by atoms with Gasteiger partial charge in [-0.2, -0.15) is 0 Å². The molecule has 1 atom stereocenters. The van der Waals surface area contributed by atoms with E-state index in [4.69, 9.17) is 27.9 Å². The lowest BCUT2D eigenvalue weighted by Crippen LogP contribution is -2.30. The number of rotatable bonds is 12. The predicted octanol–water partition coefficient (Wildman–Crippen LogP) is 10.0. The summed E-state index contributed by atoms with van der Waals surface area (Å²) in [5, 5.41) is 11.1. The van der Waals surface area contributed by atoms with E-state index in [2.05, 4.69) is 20.9 Å². The van der Waals surface area contributed by atoms with Crippen molar-refractivity contribution < 1.29 is 19.1 Å². The summed E-state index contributed by atoms with van der Waals surface area (Å²) in [6.07, 6.45) is 1.49. The first-order chi connectivity index (χ1) is 25.2. The third kappa shape index (κ3) is 9.48. The number of thioether (sulfide) groups is 1. The molecule has 0 fully saturated rings. The molecule has 6 aromatic rings. The van der Waals surface area contributed by atoms with Crippen LogP contribution in [0.1, 0.15) is 26.7 Å². The van der Waals surface area contributed by atoms with Crippen LogP contribution in [0.3, 0.4) is 0 Å². The van der Waals surface area contributed by atoms with Crippen LogP contribution in [0.5, 0.6) is 5.75 Å². The van der Waals surface area contributed by atoms with Crippen LogP contribution in [0.25, 0.3) is 17.3 Å². The molecule has 0 aliphatic carbocycles. The van der Waals surface area contributed by atoms with E-state index in [0.29, 0.717) is 32.0 Å². The average molecular weight is 766 g/mol. The summed E-state index contributed by atoms with van der Waals surface area (Å²) < 4.78 is 5.25. The molecule has 0 saturated carbocycles. The fourth-order valence-corrected chi connectivity index (χ4v) is 7.18. The number of benzene rings is 5. The fourth-order valence-electron chi connectivity index (χ4n) is 4.97. The maximum Gasteiger partial charge on any atom is 0.272 e. The summed E-state index contributed by atoms with van der Waals surface area (Å²) in [7, 11) is 1.62. The van der Waals surface area contributed by atoms with Gasteiger partial charge in [-0.15, -0.1) is 23.1 Å². The molecule has 0 radical (unpaired) electrons. The quantitative estimate of drug-likeness (QED) is 0.0846. The average Bonchev–Trinajstić information content (AvgIpc) is 3.64. The van der Waals surface area contributed by atoms with Crippen LogP contribution >= 0.6 is 46.3 Å². The number of nitrogens with zero attached hydrogens (tertiary/aromatic N) is 1. The van der Waals surface area contributed by atoms with Crippen LogP contribution in [0, 0.1) is 0 Å². The highest BCUT2D eigenvalue weighted by atomic mass is 35.5. The topological polar surface area (TPSA) is 109 Å². The van der Waals surface area contributed by atoms with Crippen LogP contribution in [0.4, 0.5) is 10.8 Å². The van der Waals surface area contributed by atoms with Crippen molar-refractivity contribution in [3.63, 3.8) is 0 Å². The highest BCUT2D eigenvalue weighted by Gasteiger charge is 2.24. The van der Waals surface area contributed by atoms with Crippen LogP contribution in [-0.2, 0) is 9.59 Å². The number of anilines is 2. The fraction of sp³-hybridized carbons (Fsp3) is 0.0500. The van der Waals surface area contributed by atoms with Gasteiger partial charge >= 0.3 is 0 Å². The third-order valence-electron chi connectivity index (χ3n) is 7.62. The second-order valence-electron chi connectivity index (χ2n) is 11.2. The smallest absolute Gasteiger partial charge is 0.272 e. The summed E-state index contributed by atoms with van der Waals surface area (Å²) in [6.45, 7) is 0. The molecule has 0 spiro atoms. The Kier molecular flexibility index (Phi) is 12.1. The van der Waals surface area contributed by atoms with E-state index in [1.54, 1.807) is 67.8 Å². The molecule has 0 bridgehead atoms. The lowest BCUT2D eigenvalue weighted by molar-refractivity contribution is -0.116. The number of thiazole rings is 1. The molecule has 3 amide bonds. The van der Waals surface area contributed by atoms with Gasteiger partial charge in [-0.1, -0.05) is 77.8 Å². The van der Waals surface area contributed by atoms with Gasteiger partial charge in [0.15, 0.2) is 5.13 Å². The summed E-state index contributed by atoms with van der Waals surface area (Å²) in [5.41, 5.74) is 3.82. The second-order valence-corrected chi connectivity index (χ2v) is 14.1. The van der Waals surface area contributed by atoms with Gasteiger partial charge in [0.05, 0.1) is 12.8 Å². The Bertz CT molecular complexity index is 2210. The van der Waals surface area contributed by atoms with Crippen molar-refractivity contribution in [3.05, 3.63) is 165 Å². The van der Waals surface area contributed by atoms with Gasteiger partial charge in [-0.25, -0.2) is 4.98 Å². The summed E-state index contributed by atoms with van der Waals surface area (Å²) in [5.74, 6) is -0.499. The third-order valence-corrected chi connectivity index (χ3v) is 10.2. The van der Waals surface area contributed by atoms with Gasteiger partial charge in [0.25, 0.3) is 11.8 Å².